The van der Waals surface area contributed by atoms with Crippen LogP contribution < -0.4 is 14.2 Å². The van der Waals surface area contributed by atoms with E-state index in [0.29, 0.717) is 41.3 Å². The first-order chi connectivity index (χ1) is 21.9. The monoisotopic (exact) mass is 648 g/mol. The van der Waals surface area contributed by atoms with E-state index in [0.717, 1.165) is 30.5 Å². The maximum atomic E-state index is 13.8. The van der Waals surface area contributed by atoms with Gasteiger partial charge in [-0.1, -0.05) is 30.3 Å². The summed E-state index contributed by atoms with van der Waals surface area (Å²) in [5, 5.41) is 0. The lowest BCUT2D eigenvalue weighted by atomic mass is 9.90. The van der Waals surface area contributed by atoms with Crippen LogP contribution in [0.2, 0.25) is 0 Å². The number of hydrogen-bond donors (Lipinski definition) is 1. The van der Waals surface area contributed by atoms with Gasteiger partial charge in [0.15, 0.2) is 17.2 Å². The molecular formula is C35H34F2N2O6S. The van der Waals surface area contributed by atoms with Crippen LogP contribution in [0.1, 0.15) is 48.5 Å². The Bertz CT molecular complexity index is 1860. The average molecular weight is 649 g/mol. The van der Waals surface area contributed by atoms with Crippen molar-refractivity contribution in [2.45, 2.75) is 43.1 Å². The van der Waals surface area contributed by atoms with Crippen molar-refractivity contribution in [1.82, 2.24) is 9.62 Å². The number of sulfonamides is 1. The van der Waals surface area contributed by atoms with Crippen molar-refractivity contribution >= 4 is 21.8 Å². The summed E-state index contributed by atoms with van der Waals surface area (Å²) in [7, 11) is -2.68. The molecule has 0 bridgehead atoms. The summed E-state index contributed by atoms with van der Waals surface area (Å²) in [4.78, 5) is 28.3. The van der Waals surface area contributed by atoms with Crippen LogP contribution in [0.4, 0.5) is 8.78 Å². The third-order valence-corrected chi connectivity index (χ3v) is 9.26. The Morgan fingerprint density at radius 3 is 2.30 bits per heavy atom. The van der Waals surface area contributed by atoms with E-state index in [1.54, 1.807) is 47.4 Å². The molecule has 46 heavy (non-hydrogen) atoms. The molecule has 1 aliphatic rings. The lowest BCUT2D eigenvalue weighted by Crippen LogP contribution is -2.48. The summed E-state index contributed by atoms with van der Waals surface area (Å²) in [6.45, 7) is 3.97. The van der Waals surface area contributed by atoms with Gasteiger partial charge in [0, 0.05) is 24.6 Å². The zero-order chi connectivity index (χ0) is 33.1. The molecule has 8 nitrogen and oxygen atoms in total. The molecule has 1 unspecified atom stereocenters. The first kappa shape index (κ1) is 32.6. The Labute approximate surface area is 267 Å². The quantitative estimate of drug-likeness (QED) is 0.228. The molecule has 0 spiro atoms. The SMILES string of the molecule is COc1ccc(S(=O)(=O)NC(=O)C(C)(C)Oc2cccc(C3CCCN(C(=O)c4cccc(-c5ccc(F)c(F)c5)c4)C3)c2)cc1. The standard InChI is InChI=1S/C35H34F2N2O6S/c1-35(2,34(41)38-46(42,43)30-15-13-28(44-3)14-16-30)45-29-11-5-8-24(20-29)27-10-6-18-39(22-27)33(40)26-9-4-7-23(19-26)25-12-17-31(36)32(37)21-25/h4-5,7-9,11-17,19-21,27H,6,10,18,22H2,1-3H3,(H,38,41). The van der Waals surface area contributed by atoms with Crippen molar-refractivity contribution in [3.63, 3.8) is 0 Å². The number of benzene rings is 4. The third kappa shape index (κ3) is 7.37. The van der Waals surface area contributed by atoms with Gasteiger partial charge in [-0.2, -0.15) is 0 Å². The van der Waals surface area contributed by atoms with Gasteiger partial charge in [-0.3, -0.25) is 9.59 Å². The number of piperidine rings is 1. The molecule has 1 saturated heterocycles. The van der Waals surface area contributed by atoms with Gasteiger partial charge in [-0.25, -0.2) is 21.9 Å². The molecule has 0 aromatic heterocycles. The van der Waals surface area contributed by atoms with E-state index in [2.05, 4.69) is 4.72 Å². The van der Waals surface area contributed by atoms with E-state index in [1.165, 1.54) is 51.3 Å². The van der Waals surface area contributed by atoms with Gasteiger partial charge < -0.3 is 14.4 Å². The number of rotatable bonds is 9. The van der Waals surface area contributed by atoms with Crippen LogP contribution in [-0.2, 0) is 14.8 Å². The maximum Gasteiger partial charge on any atom is 0.277 e. The highest BCUT2D eigenvalue weighted by Gasteiger charge is 2.34. The van der Waals surface area contributed by atoms with Gasteiger partial charge in [-0.05, 0) is 104 Å². The number of carbonyl (C=O) groups excluding carboxylic acids is 2. The lowest BCUT2D eigenvalue weighted by molar-refractivity contribution is -0.132. The fourth-order valence-electron chi connectivity index (χ4n) is 5.36. The van der Waals surface area contributed by atoms with Gasteiger partial charge in [0.05, 0.1) is 12.0 Å². The first-order valence-corrected chi connectivity index (χ1v) is 16.2. The van der Waals surface area contributed by atoms with Gasteiger partial charge >= 0.3 is 0 Å². The lowest BCUT2D eigenvalue weighted by Gasteiger charge is -2.33. The largest absolute Gasteiger partial charge is 0.497 e. The molecule has 1 aliphatic heterocycles. The fourth-order valence-corrected chi connectivity index (χ4v) is 6.46. The zero-order valence-corrected chi connectivity index (χ0v) is 26.4. The van der Waals surface area contributed by atoms with Crippen molar-refractivity contribution < 1.29 is 36.3 Å². The van der Waals surface area contributed by atoms with Crippen molar-refractivity contribution in [3.8, 4) is 22.6 Å². The van der Waals surface area contributed by atoms with E-state index in [4.69, 9.17) is 9.47 Å². The zero-order valence-electron chi connectivity index (χ0n) is 25.6. The summed E-state index contributed by atoms with van der Waals surface area (Å²) in [5.74, 6) is -2.05. The smallest absolute Gasteiger partial charge is 0.277 e. The van der Waals surface area contributed by atoms with E-state index in [-0.39, 0.29) is 16.7 Å². The van der Waals surface area contributed by atoms with Crippen LogP contribution in [0.25, 0.3) is 11.1 Å². The number of halogens is 2. The van der Waals surface area contributed by atoms with Gasteiger partial charge in [-0.15, -0.1) is 0 Å². The second-order valence-electron chi connectivity index (χ2n) is 11.6. The minimum atomic E-state index is -4.15. The van der Waals surface area contributed by atoms with Crippen molar-refractivity contribution in [2.24, 2.45) is 0 Å². The molecule has 1 N–H and O–H groups in total. The Balaban J connectivity index is 1.26. The Kier molecular flexibility index (Phi) is 9.43. The molecule has 1 heterocycles. The molecule has 0 aliphatic carbocycles. The van der Waals surface area contributed by atoms with Gasteiger partial charge in [0.2, 0.25) is 0 Å². The van der Waals surface area contributed by atoms with Crippen LogP contribution >= 0.6 is 0 Å². The highest BCUT2D eigenvalue weighted by atomic mass is 32.2. The Morgan fingerprint density at radius 2 is 1.59 bits per heavy atom. The number of ether oxygens (including phenoxy) is 2. The fraction of sp³-hybridized carbons (Fsp3) is 0.257. The highest BCUT2D eigenvalue weighted by molar-refractivity contribution is 7.90. The van der Waals surface area contributed by atoms with E-state index in [9.17, 15) is 26.8 Å². The Morgan fingerprint density at radius 1 is 0.870 bits per heavy atom. The third-order valence-electron chi connectivity index (χ3n) is 7.92. The number of methoxy groups -OCH3 is 1. The number of hydrogen-bond acceptors (Lipinski definition) is 6. The summed E-state index contributed by atoms with van der Waals surface area (Å²) in [6.07, 6.45) is 1.59. The molecule has 2 amide bonds. The number of likely N-dealkylation sites (tertiary alicyclic amines) is 1. The molecule has 11 heteroatoms. The maximum absolute atomic E-state index is 13.8. The van der Waals surface area contributed by atoms with E-state index in [1.807, 2.05) is 6.07 Å². The average Bonchev–Trinajstić information content (AvgIpc) is 3.05. The van der Waals surface area contributed by atoms with Crippen molar-refractivity contribution in [3.05, 3.63) is 114 Å². The minimum absolute atomic E-state index is 0.0111. The first-order valence-electron chi connectivity index (χ1n) is 14.7. The summed E-state index contributed by atoms with van der Waals surface area (Å²) < 4.78 is 66.0. The number of amides is 2. The second kappa shape index (κ2) is 13.3. The molecule has 1 fully saturated rings. The summed E-state index contributed by atoms with van der Waals surface area (Å²) in [5.41, 5.74) is 0.888. The molecule has 4 aromatic carbocycles. The Hall–Kier alpha value is -4.77. The normalized spacial score (nSPS) is 15.2. The molecule has 240 valence electrons. The topological polar surface area (TPSA) is 102 Å². The number of nitrogens with zero attached hydrogens (tertiary/aromatic N) is 1. The number of carbonyl (C=O) groups is 2. The van der Waals surface area contributed by atoms with Crippen LogP contribution in [0.5, 0.6) is 11.5 Å². The minimum Gasteiger partial charge on any atom is -0.497 e. The van der Waals surface area contributed by atoms with E-state index < -0.39 is 33.2 Å². The van der Waals surface area contributed by atoms with Crippen molar-refractivity contribution in [1.29, 1.82) is 0 Å². The molecule has 0 saturated carbocycles. The van der Waals surface area contributed by atoms with Gasteiger partial charge in [0.1, 0.15) is 11.5 Å². The second-order valence-corrected chi connectivity index (χ2v) is 13.3. The van der Waals surface area contributed by atoms with E-state index >= 15 is 0 Å². The highest BCUT2D eigenvalue weighted by Crippen LogP contribution is 2.32. The van der Waals surface area contributed by atoms with Crippen LogP contribution in [0, 0.1) is 11.6 Å². The van der Waals surface area contributed by atoms with Crippen LogP contribution in [0.15, 0.2) is 95.9 Å². The molecule has 5 rings (SSSR count). The molecule has 1 atom stereocenters. The molecule has 4 aromatic rings. The van der Waals surface area contributed by atoms with Gasteiger partial charge in [0.25, 0.3) is 21.8 Å². The predicted octanol–water partition coefficient (Wildman–Crippen LogP) is 6.32. The van der Waals surface area contributed by atoms with Crippen LogP contribution in [-0.4, -0.2) is 50.9 Å². The predicted molar refractivity (Wildman–Crippen MR) is 169 cm³/mol. The van der Waals surface area contributed by atoms with Crippen molar-refractivity contribution in [2.75, 3.05) is 20.2 Å². The van der Waals surface area contributed by atoms with Crippen LogP contribution in [0.3, 0.4) is 0 Å². The summed E-state index contributed by atoms with van der Waals surface area (Å²) >= 11 is 0. The molecule has 0 radical (unpaired) electrons. The summed E-state index contributed by atoms with van der Waals surface area (Å²) in [6, 6.07) is 23.3. The molecular weight excluding hydrogens is 614 g/mol. The number of nitrogens with one attached hydrogen (secondary N) is 1.